The molecular formula is C14H14N4O2S2. The van der Waals surface area contributed by atoms with Crippen LogP contribution in [0.2, 0.25) is 0 Å². The Kier molecular flexibility index (Phi) is 3.95. The zero-order chi connectivity index (χ0) is 15.6. The predicted octanol–water partition coefficient (Wildman–Crippen LogP) is 3.20. The van der Waals surface area contributed by atoms with Gasteiger partial charge < -0.3 is 5.32 Å². The Labute approximate surface area is 132 Å². The fourth-order valence-corrected chi connectivity index (χ4v) is 3.27. The molecule has 0 aliphatic rings. The van der Waals surface area contributed by atoms with Crippen LogP contribution in [0, 0.1) is 0 Å². The molecule has 1 aromatic carbocycles. The zero-order valence-corrected chi connectivity index (χ0v) is 13.4. The first-order valence-electron chi connectivity index (χ1n) is 6.63. The van der Waals surface area contributed by atoms with Crippen LogP contribution in [0.4, 0.5) is 17.2 Å². The summed E-state index contributed by atoms with van der Waals surface area (Å²) in [4.78, 5) is 9.36. The van der Waals surface area contributed by atoms with E-state index in [0.29, 0.717) is 5.69 Å². The molecule has 0 bridgehead atoms. The molecule has 0 fully saturated rings. The number of fused-ring (bicyclic) bond motifs is 1. The molecule has 2 N–H and O–H groups in total. The molecule has 0 radical (unpaired) electrons. The van der Waals surface area contributed by atoms with Crippen LogP contribution in [0.1, 0.15) is 6.92 Å². The van der Waals surface area contributed by atoms with E-state index < -0.39 is 10.0 Å². The molecule has 6 nitrogen and oxygen atoms in total. The van der Waals surface area contributed by atoms with Crippen molar-refractivity contribution in [3.63, 3.8) is 0 Å². The van der Waals surface area contributed by atoms with Crippen LogP contribution < -0.4 is 10.0 Å². The third kappa shape index (κ3) is 3.18. The first kappa shape index (κ1) is 14.7. The molecule has 3 aromatic rings. The number of anilines is 3. The minimum absolute atomic E-state index is 0.0457. The van der Waals surface area contributed by atoms with Crippen molar-refractivity contribution in [1.82, 2.24) is 9.97 Å². The average Bonchev–Trinajstić information content (AvgIpc) is 2.99. The van der Waals surface area contributed by atoms with Crippen molar-refractivity contribution < 1.29 is 8.42 Å². The van der Waals surface area contributed by atoms with Crippen molar-refractivity contribution >= 4 is 48.8 Å². The maximum absolute atomic E-state index is 11.5. The summed E-state index contributed by atoms with van der Waals surface area (Å²) in [5, 5.41) is 6.14. The third-order valence-electron chi connectivity index (χ3n) is 3.06. The summed E-state index contributed by atoms with van der Waals surface area (Å²) in [6.07, 6.45) is 1.52. The van der Waals surface area contributed by atoms with Gasteiger partial charge in [-0.15, -0.1) is 11.3 Å². The smallest absolute Gasteiger partial charge is 0.232 e. The molecule has 0 amide bonds. The number of benzene rings is 1. The van der Waals surface area contributed by atoms with Gasteiger partial charge in [-0.25, -0.2) is 18.4 Å². The normalized spacial score (nSPS) is 11.5. The maximum Gasteiger partial charge on any atom is 0.232 e. The minimum Gasteiger partial charge on any atom is -0.340 e. The van der Waals surface area contributed by atoms with E-state index in [2.05, 4.69) is 20.0 Å². The summed E-state index contributed by atoms with van der Waals surface area (Å²) < 4.78 is 25.5. The molecule has 0 unspecified atom stereocenters. The van der Waals surface area contributed by atoms with E-state index in [1.54, 1.807) is 42.5 Å². The van der Waals surface area contributed by atoms with E-state index in [1.807, 2.05) is 11.4 Å². The topological polar surface area (TPSA) is 84.0 Å². The SMILES string of the molecule is CCS(=O)(=O)Nc1ccc(Nc2ncnc3sccc23)cc1. The van der Waals surface area contributed by atoms with Gasteiger partial charge in [-0.3, -0.25) is 4.72 Å². The molecule has 114 valence electrons. The van der Waals surface area contributed by atoms with E-state index in [1.165, 1.54) is 6.33 Å². The number of hydrogen-bond acceptors (Lipinski definition) is 6. The first-order chi connectivity index (χ1) is 10.6. The number of aromatic nitrogens is 2. The predicted molar refractivity (Wildman–Crippen MR) is 90.2 cm³/mol. The van der Waals surface area contributed by atoms with Gasteiger partial charge in [-0.1, -0.05) is 0 Å². The van der Waals surface area contributed by atoms with Gasteiger partial charge in [0.2, 0.25) is 10.0 Å². The van der Waals surface area contributed by atoms with Gasteiger partial charge in [0, 0.05) is 11.4 Å². The van der Waals surface area contributed by atoms with Gasteiger partial charge in [-0.2, -0.15) is 0 Å². The highest BCUT2D eigenvalue weighted by molar-refractivity contribution is 7.92. The van der Waals surface area contributed by atoms with Crippen molar-refractivity contribution in [3.8, 4) is 0 Å². The molecule has 0 spiro atoms. The quantitative estimate of drug-likeness (QED) is 0.748. The van der Waals surface area contributed by atoms with Crippen LogP contribution in [0.15, 0.2) is 42.0 Å². The van der Waals surface area contributed by atoms with E-state index >= 15 is 0 Å². The van der Waals surface area contributed by atoms with Gasteiger partial charge >= 0.3 is 0 Å². The molecule has 8 heteroatoms. The van der Waals surface area contributed by atoms with Crippen LogP contribution in [0.3, 0.4) is 0 Å². The second kappa shape index (κ2) is 5.90. The van der Waals surface area contributed by atoms with E-state index in [4.69, 9.17) is 0 Å². The van der Waals surface area contributed by atoms with Gasteiger partial charge in [0.15, 0.2) is 0 Å². The molecular weight excluding hydrogens is 320 g/mol. The van der Waals surface area contributed by atoms with Crippen molar-refractivity contribution in [1.29, 1.82) is 0 Å². The molecule has 22 heavy (non-hydrogen) atoms. The van der Waals surface area contributed by atoms with Crippen LogP contribution in [0.25, 0.3) is 10.2 Å². The van der Waals surface area contributed by atoms with Crippen LogP contribution in [0.5, 0.6) is 0 Å². The Morgan fingerprint density at radius 2 is 1.82 bits per heavy atom. The van der Waals surface area contributed by atoms with Crippen molar-refractivity contribution in [3.05, 3.63) is 42.0 Å². The molecule has 3 rings (SSSR count). The maximum atomic E-state index is 11.5. The lowest BCUT2D eigenvalue weighted by Crippen LogP contribution is -2.14. The Morgan fingerprint density at radius 1 is 1.09 bits per heavy atom. The van der Waals surface area contributed by atoms with Crippen LogP contribution in [-0.4, -0.2) is 24.1 Å². The lowest BCUT2D eigenvalue weighted by Gasteiger charge is -2.09. The van der Waals surface area contributed by atoms with Crippen molar-refractivity contribution in [2.45, 2.75) is 6.92 Å². The second-order valence-corrected chi connectivity index (χ2v) is 7.48. The number of rotatable bonds is 5. The molecule has 0 aliphatic heterocycles. The Bertz CT molecular complexity index is 889. The Morgan fingerprint density at radius 3 is 2.55 bits per heavy atom. The molecule has 0 atom stereocenters. The standard InChI is InChI=1S/C14H14N4O2S2/c1-2-22(19,20)18-11-5-3-10(4-6-11)17-13-12-7-8-21-14(12)16-9-15-13/h3-9,18H,2H2,1H3,(H,15,16,17). The van der Waals surface area contributed by atoms with E-state index in [-0.39, 0.29) is 5.75 Å². The van der Waals surface area contributed by atoms with Crippen molar-refractivity contribution in [2.24, 2.45) is 0 Å². The number of thiophene rings is 1. The lowest BCUT2D eigenvalue weighted by molar-refractivity contribution is 0.602. The number of nitrogens with one attached hydrogen (secondary N) is 2. The lowest BCUT2D eigenvalue weighted by atomic mass is 10.3. The number of hydrogen-bond donors (Lipinski definition) is 2. The molecule has 2 heterocycles. The average molecular weight is 334 g/mol. The van der Waals surface area contributed by atoms with Gasteiger partial charge in [0.05, 0.1) is 11.1 Å². The van der Waals surface area contributed by atoms with Crippen LogP contribution in [-0.2, 0) is 10.0 Å². The minimum atomic E-state index is -3.26. The van der Waals surface area contributed by atoms with E-state index in [0.717, 1.165) is 21.7 Å². The molecule has 0 aliphatic carbocycles. The Hall–Kier alpha value is -2.19. The largest absolute Gasteiger partial charge is 0.340 e. The van der Waals surface area contributed by atoms with Gasteiger partial charge in [0.1, 0.15) is 17.0 Å². The summed E-state index contributed by atoms with van der Waals surface area (Å²) in [7, 11) is -3.26. The molecule has 2 aromatic heterocycles. The highest BCUT2D eigenvalue weighted by Crippen LogP contribution is 2.26. The number of sulfonamides is 1. The first-order valence-corrected chi connectivity index (χ1v) is 9.16. The second-order valence-electron chi connectivity index (χ2n) is 4.57. The number of nitrogens with zero attached hydrogens (tertiary/aromatic N) is 2. The van der Waals surface area contributed by atoms with E-state index in [9.17, 15) is 8.42 Å². The fourth-order valence-electron chi connectivity index (χ4n) is 1.90. The molecule has 0 saturated heterocycles. The summed E-state index contributed by atoms with van der Waals surface area (Å²) in [6.45, 7) is 1.60. The summed E-state index contributed by atoms with van der Waals surface area (Å²) >= 11 is 1.56. The Balaban J connectivity index is 1.80. The highest BCUT2D eigenvalue weighted by Gasteiger charge is 2.07. The monoisotopic (exact) mass is 334 g/mol. The van der Waals surface area contributed by atoms with Crippen LogP contribution >= 0.6 is 11.3 Å². The third-order valence-corrected chi connectivity index (χ3v) is 5.19. The zero-order valence-electron chi connectivity index (χ0n) is 11.8. The molecule has 0 saturated carbocycles. The van der Waals surface area contributed by atoms with Crippen molar-refractivity contribution in [2.75, 3.05) is 15.8 Å². The fraction of sp³-hybridized carbons (Fsp3) is 0.143. The summed E-state index contributed by atoms with van der Waals surface area (Å²) in [6, 6.07) is 8.98. The van der Waals surface area contributed by atoms with Gasteiger partial charge in [0.25, 0.3) is 0 Å². The van der Waals surface area contributed by atoms with Gasteiger partial charge in [-0.05, 0) is 42.6 Å². The highest BCUT2D eigenvalue weighted by atomic mass is 32.2. The summed E-state index contributed by atoms with van der Waals surface area (Å²) in [5.41, 5.74) is 1.36. The summed E-state index contributed by atoms with van der Waals surface area (Å²) in [5.74, 6) is 0.775.